The van der Waals surface area contributed by atoms with Gasteiger partial charge in [-0.2, -0.15) is 0 Å². The van der Waals surface area contributed by atoms with Crippen molar-refractivity contribution in [1.29, 1.82) is 0 Å². The van der Waals surface area contributed by atoms with Crippen LogP contribution in [0.4, 0.5) is 0 Å². The number of halogens is 2. The first kappa shape index (κ1) is 19.7. The lowest BCUT2D eigenvalue weighted by Gasteiger charge is -2.31. The molecule has 2 aromatic rings. The largest absolute Gasteiger partial charge is 0.364 e. The highest BCUT2D eigenvalue weighted by Crippen LogP contribution is 2.37. The number of hydrogen-bond acceptors (Lipinski definition) is 3. The first-order chi connectivity index (χ1) is 12.3. The second-order valence-electron chi connectivity index (χ2n) is 6.50. The molecule has 0 unspecified atom stereocenters. The van der Waals surface area contributed by atoms with Crippen molar-refractivity contribution in [3.63, 3.8) is 0 Å². The molecule has 1 aliphatic rings. The molecule has 2 heterocycles. The van der Waals surface area contributed by atoms with E-state index in [0.29, 0.717) is 43.9 Å². The minimum atomic E-state index is -3.27. The minimum absolute atomic E-state index is 0.0771. The molecule has 0 bridgehead atoms. The van der Waals surface area contributed by atoms with Crippen LogP contribution in [-0.2, 0) is 10.0 Å². The summed E-state index contributed by atoms with van der Waals surface area (Å²) in [6.07, 6.45) is 1.76. The van der Waals surface area contributed by atoms with Gasteiger partial charge in [-0.05, 0) is 48.9 Å². The molecule has 1 fully saturated rings. The number of sulfonamides is 1. The lowest BCUT2D eigenvalue weighted by atomic mass is 9.88. The minimum Gasteiger partial charge on any atom is -0.364 e. The summed E-state index contributed by atoms with van der Waals surface area (Å²) in [6, 6.07) is 5.78. The number of fused-ring (bicyclic) bond motifs is 1. The molecule has 26 heavy (non-hydrogen) atoms. The van der Waals surface area contributed by atoms with Crippen LogP contribution < -0.4 is 5.73 Å². The fraction of sp³-hybridized carbons (Fsp3) is 0.471. The van der Waals surface area contributed by atoms with Crippen molar-refractivity contribution in [2.24, 2.45) is 5.73 Å². The van der Waals surface area contributed by atoms with E-state index in [1.807, 2.05) is 18.2 Å². The smallest absolute Gasteiger partial charge is 0.265 e. The quantitative estimate of drug-likeness (QED) is 0.645. The van der Waals surface area contributed by atoms with Gasteiger partial charge in [0.05, 0.1) is 5.75 Å². The molecular formula is C17H21BrClN3O3S. The first-order valence-electron chi connectivity index (χ1n) is 8.48. The Bertz CT molecular complexity index is 921. The van der Waals surface area contributed by atoms with Crippen molar-refractivity contribution in [3.8, 4) is 0 Å². The number of nitrogens with one attached hydrogen (secondary N) is 1. The Labute approximate surface area is 166 Å². The predicted molar refractivity (Wildman–Crippen MR) is 107 cm³/mol. The Morgan fingerprint density at radius 1 is 1.35 bits per heavy atom. The van der Waals surface area contributed by atoms with Gasteiger partial charge >= 0.3 is 0 Å². The summed E-state index contributed by atoms with van der Waals surface area (Å²) in [5.41, 5.74) is 7.74. The third-order valence-corrected chi connectivity index (χ3v) is 7.56. The monoisotopic (exact) mass is 461 g/mol. The number of hydrogen-bond donors (Lipinski definition) is 2. The molecule has 3 N–H and O–H groups in total. The Morgan fingerprint density at radius 2 is 2.04 bits per heavy atom. The van der Waals surface area contributed by atoms with Gasteiger partial charge in [-0.25, -0.2) is 12.7 Å². The van der Waals surface area contributed by atoms with E-state index < -0.39 is 15.9 Å². The number of nitrogens with zero attached hydrogens (tertiary/aromatic N) is 1. The number of carbonyl (C=O) groups excluding carboxylic acids is 1. The van der Waals surface area contributed by atoms with E-state index in [2.05, 4.69) is 20.9 Å². The van der Waals surface area contributed by atoms with Gasteiger partial charge in [0.1, 0.15) is 5.69 Å². The second kappa shape index (κ2) is 7.88. The van der Waals surface area contributed by atoms with E-state index in [1.54, 1.807) is 0 Å². The fourth-order valence-electron chi connectivity index (χ4n) is 3.59. The molecule has 1 amide bonds. The second-order valence-corrected chi connectivity index (χ2v) is 9.88. The summed E-state index contributed by atoms with van der Waals surface area (Å²) in [6.45, 7) is 0.877. The topological polar surface area (TPSA) is 96.3 Å². The third kappa shape index (κ3) is 3.93. The number of amides is 1. The van der Waals surface area contributed by atoms with Gasteiger partial charge in [-0.15, -0.1) is 11.6 Å². The number of H-pyrrole nitrogens is 1. The highest BCUT2D eigenvalue weighted by Gasteiger charge is 2.31. The van der Waals surface area contributed by atoms with Crippen LogP contribution in [0.5, 0.6) is 0 Å². The maximum Gasteiger partial charge on any atom is 0.265 e. The van der Waals surface area contributed by atoms with Crippen molar-refractivity contribution < 1.29 is 13.2 Å². The number of aromatic amines is 1. The van der Waals surface area contributed by atoms with Crippen LogP contribution in [0.15, 0.2) is 22.7 Å². The van der Waals surface area contributed by atoms with E-state index in [9.17, 15) is 13.2 Å². The van der Waals surface area contributed by atoms with Crippen molar-refractivity contribution in [3.05, 3.63) is 33.9 Å². The zero-order chi connectivity index (χ0) is 18.9. The number of alkyl halides is 1. The number of nitrogens with two attached hydrogens (primary N) is 1. The maximum atomic E-state index is 12.4. The van der Waals surface area contributed by atoms with Crippen LogP contribution in [0.2, 0.25) is 0 Å². The molecule has 0 spiro atoms. The van der Waals surface area contributed by atoms with E-state index in [-0.39, 0.29) is 11.7 Å². The van der Waals surface area contributed by atoms with E-state index >= 15 is 0 Å². The summed E-state index contributed by atoms with van der Waals surface area (Å²) in [5, 5.41) is 0.955. The van der Waals surface area contributed by atoms with Gasteiger partial charge in [0.25, 0.3) is 5.91 Å². The lowest BCUT2D eigenvalue weighted by molar-refractivity contribution is 0.0994. The van der Waals surface area contributed by atoms with Crippen LogP contribution >= 0.6 is 27.5 Å². The Kier molecular flexibility index (Phi) is 5.96. The zero-order valence-electron chi connectivity index (χ0n) is 14.2. The van der Waals surface area contributed by atoms with Gasteiger partial charge in [0, 0.05) is 34.3 Å². The molecule has 142 valence electrons. The number of piperidine rings is 1. The fourth-order valence-corrected chi connectivity index (χ4v) is 5.78. The highest BCUT2D eigenvalue weighted by atomic mass is 79.9. The van der Waals surface area contributed by atoms with Gasteiger partial charge in [-0.3, -0.25) is 4.79 Å². The van der Waals surface area contributed by atoms with Crippen molar-refractivity contribution >= 4 is 54.4 Å². The molecule has 9 heteroatoms. The van der Waals surface area contributed by atoms with Gasteiger partial charge in [-0.1, -0.05) is 15.9 Å². The van der Waals surface area contributed by atoms with Crippen molar-refractivity contribution in [2.45, 2.75) is 25.2 Å². The number of benzene rings is 1. The van der Waals surface area contributed by atoms with Crippen LogP contribution in [0.25, 0.3) is 10.9 Å². The van der Waals surface area contributed by atoms with Gasteiger partial charge in [0.15, 0.2) is 0 Å². The van der Waals surface area contributed by atoms with Crippen molar-refractivity contribution in [2.75, 3.05) is 24.7 Å². The summed E-state index contributed by atoms with van der Waals surface area (Å²) >= 11 is 9.09. The van der Waals surface area contributed by atoms with Crippen LogP contribution in [-0.4, -0.2) is 48.3 Å². The van der Waals surface area contributed by atoms with Gasteiger partial charge in [0.2, 0.25) is 10.0 Å². The molecule has 0 radical (unpaired) electrons. The Hall–Kier alpha value is -1.09. The number of carbonyl (C=O) groups is 1. The molecule has 0 atom stereocenters. The molecule has 0 saturated carbocycles. The van der Waals surface area contributed by atoms with Gasteiger partial charge < -0.3 is 10.7 Å². The molecular weight excluding hydrogens is 442 g/mol. The van der Waals surface area contributed by atoms with E-state index in [1.165, 1.54) is 4.31 Å². The van der Waals surface area contributed by atoms with E-state index in [4.69, 9.17) is 17.3 Å². The average Bonchev–Trinajstić information content (AvgIpc) is 2.99. The summed E-state index contributed by atoms with van der Waals surface area (Å²) in [7, 11) is -3.27. The van der Waals surface area contributed by atoms with E-state index in [0.717, 1.165) is 20.9 Å². The zero-order valence-corrected chi connectivity index (χ0v) is 17.3. The molecule has 3 rings (SSSR count). The van der Waals surface area contributed by atoms with Crippen LogP contribution in [0.1, 0.15) is 41.2 Å². The normalized spacial score (nSPS) is 17.0. The number of rotatable bonds is 6. The summed E-state index contributed by atoms with van der Waals surface area (Å²) in [4.78, 5) is 15.0. The molecule has 0 aliphatic carbocycles. The summed E-state index contributed by atoms with van der Waals surface area (Å²) in [5.74, 6) is -0.000168. The SMILES string of the molecule is NC(=O)c1[nH]c2ccc(Br)cc2c1C1CCN(S(=O)(=O)CCCCl)CC1. The Morgan fingerprint density at radius 3 is 2.65 bits per heavy atom. The number of primary amides is 1. The van der Waals surface area contributed by atoms with Crippen LogP contribution in [0, 0.1) is 0 Å². The maximum absolute atomic E-state index is 12.4. The molecule has 1 aromatic carbocycles. The third-order valence-electron chi connectivity index (χ3n) is 4.84. The standard InChI is InChI=1S/C17H21BrClN3O3S/c18-12-2-3-14-13(10-12)15(16(21-14)17(20)23)11-4-7-22(8-5-11)26(24,25)9-1-6-19/h2-3,10-11,21H,1,4-9H2,(H2,20,23). The molecule has 1 saturated heterocycles. The highest BCUT2D eigenvalue weighted by molar-refractivity contribution is 9.10. The molecule has 6 nitrogen and oxygen atoms in total. The predicted octanol–water partition coefficient (Wildman–Crippen LogP) is 3.17. The first-order valence-corrected chi connectivity index (χ1v) is 11.4. The number of aromatic nitrogens is 1. The van der Waals surface area contributed by atoms with Crippen LogP contribution in [0.3, 0.4) is 0 Å². The lowest BCUT2D eigenvalue weighted by Crippen LogP contribution is -2.39. The molecule has 1 aromatic heterocycles. The molecule has 1 aliphatic heterocycles. The Balaban J connectivity index is 1.86. The average molecular weight is 463 g/mol. The van der Waals surface area contributed by atoms with Crippen molar-refractivity contribution in [1.82, 2.24) is 9.29 Å². The summed E-state index contributed by atoms with van der Waals surface area (Å²) < 4.78 is 27.2.